The zero-order chi connectivity index (χ0) is 13.8. The predicted octanol–water partition coefficient (Wildman–Crippen LogP) is 0.404. The molecule has 1 fully saturated rings. The lowest BCUT2D eigenvalue weighted by Gasteiger charge is -2.31. The fourth-order valence-electron chi connectivity index (χ4n) is 1.96. The van der Waals surface area contributed by atoms with Gasteiger partial charge in [-0.3, -0.25) is 9.78 Å². The zero-order valence-electron chi connectivity index (χ0n) is 11.0. The number of carbonyl (C=O) groups excluding carboxylic acids is 2. The number of ether oxygens (including phenoxy) is 2. The van der Waals surface area contributed by atoms with Crippen molar-refractivity contribution in [1.29, 1.82) is 0 Å². The number of hydrogen-bond donors (Lipinski definition) is 0. The molecule has 0 N–H and O–H groups in total. The molecular formula is C13H16N2O4. The van der Waals surface area contributed by atoms with Crippen molar-refractivity contribution in [1.82, 2.24) is 9.88 Å². The molecule has 102 valence electrons. The summed E-state index contributed by atoms with van der Waals surface area (Å²) in [5.41, 5.74) is 1.44. The van der Waals surface area contributed by atoms with E-state index in [9.17, 15) is 9.59 Å². The highest BCUT2D eigenvalue weighted by Gasteiger charge is 2.30. The Morgan fingerprint density at radius 1 is 1.47 bits per heavy atom. The maximum atomic E-state index is 12.3. The number of pyridine rings is 1. The summed E-state index contributed by atoms with van der Waals surface area (Å²) in [6.07, 6.45) is 2.51. The van der Waals surface area contributed by atoms with Gasteiger partial charge in [0, 0.05) is 18.9 Å². The van der Waals surface area contributed by atoms with Gasteiger partial charge in [-0.2, -0.15) is 0 Å². The van der Waals surface area contributed by atoms with Crippen LogP contribution in [0.3, 0.4) is 0 Å². The highest BCUT2D eigenvalue weighted by Crippen LogP contribution is 2.12. The van der Waals surface area contributed by atoms with Crippen LogP contribution in [0.5, 0.6) is 0 Å². The van der Waals surface area contributed by atoms with Gasteiger partial charge < -0.3 is 14.4 Å². The number of aromatic nitrogens is 1. The van der Waals surface area contributed by atoms with Crippen molar-refractivity contribution in [2.45, 2.75) is 13.0 Å². The number of esters is 1. The predicted molar refractivity (Wildman–Crippen MR) is 66.6 cm³/mol. The van der Waals surface area contributed by atoms with Gasteiger partial charge in [0.25, 0.3) is 5.91 Å². The molecule has 0 radical (unpaired) electrons. The first-order valence-corrected chi connectivity index (χ1v) is 6.02. The van der Waals surface area contributed by atoms with Gasteiger partial charge in [-0.1, -0.05) is 0 Å². The molecule has 1 saturated heterocycles. The van der Waals surface area contributed by atoms with E-state index in [1.165, 1.54) is 13.3 Å². The summed E-state index contributed by atoms with van der Waals surface area (Å²) in [6.45, 7) is 2.87. The fraction of sp³-hybridized carbons (Fsp3) is 0.462. The van der Waals surface area contributed by atoms with Crippen LogP contribution in [0.2, 0.25) is 0 Å². The number of carbonyl (C=O) groups is 2. The number of aryl methyl sites for hydroxylation is 1. The largest absolute Gasteiger partial charge is 0.467 e. The van der Waals surface area contributed by atoms with Crippen LogP contribution in [0.15, 0.2) is 18.5 Å². The quantitative estimate of drug-likeness (QED) is 0.723. The Kier molecular flexibility index (Phi) is 4.11. The number of rotatable bonds is 2. The van der Waals surface area contributed by atoms with E-state index in [1.807, 2.05) is 6.92 Å². The van der Waals surface area contributed by atoms with Gasteiger partial charge >= 0.3 is 5.97 Å². The lowest BCUT2D eigenvalue weighted by Crippen LogP contribution is -2.48. The van der Waals surface area contributed by atoms with Crippen LogP contribution in [0.1, 0.15) is 15.9 Å². The standard InChI is InChI=1S/C13H16N2O4/c1-9-5-10(7-14-6-9)12(16)15-3-4-19-11(8-15)13(17)18-2/h5-7,11H,3-4,8H2,1-2H3. The molecule has 0 saturated carbocycles. The first-order chi connectivity index (χ1) is 9.11. The average molecular weight is 264 g/mol. The van der Waals surface area contributed by atoms with Crippen molar-refractivity contribution in [3.63, 3.8) is 0 Å². The summed E-state index contributed by atoms with van der Waals surface area (Å²) in [6, 6.07) is 1.78. The molecule has 0 aromatic carbocycles. The van der Waals surface area contributed by atoms with Gasteiger partial charge in [0.15, 0.2) is 6.10 Å². The Labute approximate surface area is 111 Å². The maximum Gasteiger partial charge on any atom is 0.336 e. The molecule has 1 aromatic rings. The molecule has 0 aliphatic carbocycles. The topological polar surface area (TPSA) is 68.7 Å². The summed E-state index contributed by atoms with van der Waals surface area (Å²) in [7, 11) is 1.30. The molecule has 1 amide bonds. The smallest absolute Gasteiger partial charge is 0.336 e. The Bertz CT molecular complexity index is 489. The van der Waals surface area contributed by atoms with E-state index in [0.29, 0.717) is 18.7 Å². The molecule has 0 bridgehead atoms. The SMILES string of the molecule is COC(=O)C1CN(C(=O)c2cncc(C)c2)CCO1. The van der Waals surface area contributed by atoms with E-state index in [-0.39, 0.29) is 12.5 Å². The Morgan fingerprint density at radius 2 is 2.26 bits per heavy atom. The van der Waals surface area contributed by atoms with Crippen molar-refractivity contribution in [3.05, 3.63) is 29.6 Å². The molecule has 1 aromatic heterocycles. The van der Waals surface area contributed by atoms with Crippen LogP contribution in [-0.2, 0) is 14.3 Å². The molecule has 0 spiro atoms. The van der Waals surface area contributed by atoms with Crippen LogP contribution in [0, 0.1) is 6.92 Å². The molecule has 1 atom stereocenters. The van der Waals surface area contributed by atoms with Crippen LogP contribution < -0.4 is 0 Å². The minimum Gasteiger partial charge on any atom is -0.467 e. The number of methoxy groups -OCH3 is 1. The molecular weight excluding hydrogens is 248 g/mol. The van der Waals surface area contributed by atoms with E-state index >= 15 is 0 Å². The molecule has 6 nitrogen and oxygen atoms in total. The Balaban J connectivity index is 2.09. The average Bonchev–Trinajstić information content (AvgIpc) is 2.45. The summed E-state index contributed by atoms with van der Waals surface area (Å²) < 4.78 is 9.91. The van der Waals surface area contributed by atoms with Crippen molar-refractivity contribution < 1.29 is 19.1 Å². The minimum atomic E-state index is -0.708. The highest BCUT2D eigenvalue weighted by molar-refractivity contribution is 5.94. The van der Waals surface area contributed by atoms with E-state index in [0.717, 1.165) is 5.56 Å². The first-order valence-electron chi connectivity index (χ1n) is 6.02. The third-order valence-electron chi connectivity index (χ3n) is 2.94. The lowest BCUT2D eigenvalue weighted by molar-refractivity contribution is -0.158. The van der Waals surface area contributed by atoms with Crippen molar-refractivity contribution in [2.24, 2.45) is 0 Å². The minimum absolute atomic E-state index is 0.145. The molecule has 1 aliphatic rings. The van der Waals surface area contributed by atoms with Crippen molar-refractivity contribution >= 4 is 11.9 Å². The normalized spacial score (nSPS) is 19.1. The van der Waals surface area contributed by atoms with E-state index in [2.05, 4.69) is 9.72 Å². The van der Waals surface area contributed by atoms with Gasteiger partial charge in [0.1, 0.15) is 0 Å². The third-order valence-corrected chi connectivity index (χ3v) is 2.94. The second-order valence-corrected chi connectivity index (χ2v) is 4.38. The second-order valence-electron chi connectivity index (χ2n) is 4.38. The highest BCUT2D eigenvalue weighted by atomic mass is 16.6. The fourth-order valence-corrected chi connectivity index (χ4v) is 1.96. The molecule has 2 heterocycles. The van der Waals surface area contributed by atoms with E-state index < -0.39 is 12.1 Å². The van der Waals surface area contributed by atoms with Gasteiger partial charge in [-0.25, -0.2) is 4.79 Å². The monoisotopic (exact) mass is 264 g/mol. The lowest BCUT2D eigenvalue weighted by atomic mass is 10.2. The van der Waals surface area contributed by atoms with Crippen LogP contribution in [-0.4, -0.2) is 54.7 Å². The molecule has 1 aliphatic heterocycles. The van der Waals surface area contributed by atoms with Crippen molar-refractivity contribution in [2.75, 3.05) is 26.8 Å². The number of hydrogen-bond acceptors (Lipinski definition) is 5. The number of morpholine rings is 1. The molecule has 19 heavy (non-hydrogen) atoms. The number of amides is 1. The van der Waals surface area contributed by atoms with Gasteiger partial charge in [-0.05, 0) is 18.6 Å². The van der Waals surface area contributed by atoms with Crippen molar-refractivity contribution in [3.8, 4) is 0 Å². The van der Waals surface area contributed by atoms with E-state index in [1.54, 1.807) is 17.2 Å². The molecule has 1 unspecified atom stereocenters. The van der Waals surface area contributed by atoms with E-state index in [4.69, 9.17) is 4.74 Å². The van der Waals surface area contributed by atoms with Gasteiger partial charge in [-0.15, -0.1) is 0 Å². The zero-order valence-corrected chi connectivity index (χ0v) is 11.0. The summed E-state index contributed by atoms with van der Waals surface area (Å²) in [5.74, 6) is -0.603. The summed E-state index contributed by atoms with van der Waals surface area (Å²) in [4.78, 5) is 29.3. The van der Waals surface area contributed by atoms with Crippen LogP contribution in [0.4, 0.5) is 0 Å². The van der Waals surface area contributed by atoms with Crippen LogP contribution >= 0.6 is 0 Å². The van der Waals surface area contributed by atoms with Gasteiger partial charge in [0.05, 0.1) is 25.8 Å². The summed E-state index contributed by atoms with van der Waals surface area (Å²) in [5, 5.41) is 0. The maximum absolute atomic E-state index is 12.3. The second kappa shape index (κ2) is 5.79. The third kappa shape index (κ3) is 3.08. The Morgan fingerprint density at radius 3 is 2.95 bits per heavy atom. The first kappa shape index (κ1) is 13.5. The molecule has 2 rings (SSSR count). The van der Waals surface area contributed by atoms with Gasteiger partial charge in [0.2, 0.25) is 0 Å². The van der Waals surface area contributed by atoms with Crippen LogP contribution in [0.25, 0.3) is 0 Å². The Hall–Kier alpha value is -1.95. The summed E-state index contributed by atoms with van der Waals surface area (Å²) >= 11 is 0. The molecule has 6 heteroatoms. The number of nitrogens with zero attached hydrogens (tertiary/aromatic N) is 2.